The Morgan fingerprint density at radius 3 is 2.44 bits per heavy atom. The van der Waals surface area contributed by atoms with Crippen molar-refractivity contribution >= 4 is 33.0 Å². The molecule has 1 aromatic carbocycles. The van der Waals surface area contributed by atoms with E-state index >= 15 is 0 Å². The van der Waals surface area contributed by atoms with Crippen molar-refractivity contribution in [3.8, 4) is 0 Å². The molecule has 2 fully saturated rings. The van der Waals surface area contributed by atoms with Crippen LogP contribution in [0.15, 0.2) is 24.3 Å². The number of amides is 1. The number of benzene rings is 1. The number of hydrogen-bond donors (Lipinski definition) is 2. The van der Waals surface area contributed by atoms with Crippen molar-refractivity contribution in [1.82, 2.24) is 5.32 Å². The summed E-state index contributed by atoms with van der Waals surface area (Å²) in [5.74, 6) is -0.585. The molecule has 0 saturated carbocycles. The van der Waals surface area contributed by atoms with Crippen LogP contribution >= 0.6 is 11.6 Å². The first-order chi connectivity index (χ1) is 11.8. The van der Waals surface area contributed by atoms with Crippen LogP contribution in [0.25, 0.3) is 0 Å². The van der Waals surface area contributed by atoms with Crippen molar-refractivity contribution in [2.75, 3.05) is 49.1 Å². The molecule has 138 valence electrons. The Bertz CT molecular complexity index is 721. The van der Waals surface area contributed by atoms with E-state index in [2.05, 4.69) is 10.2 Å². The number of hydrogen-bond acceptors (Lipinski definition) is 4. The molecule has 0 spiro atoms. The highest BCUT2D eigenvalue weighted by Crippen LogP contribution is 2.18. The molecular weight excluding hydrogens is 369 g/mol. The Labute approximate surface area is 151 Å². The van der Waals surface area contributed by atoms with Crippen LogP contribution < -0.4 is 15.1 Å². The summed E-state index contributed by atoms with van der Waals surface area (Å²) in [6.07, 6.45) is 0. The Balaban J connectivity index is 1.46. The minimum atomic E-state index is -3.15. The predicted molar refractivity (Wildman–Crippen MR) is 94.4 cm³/mol. The largest absolute Gasteiger partial charge is 0.360 e. The summed E-state index contributed by atoms with van der Waals surface area (Å²) in [7, 11) is -3.15. The molecule has 0 aromatic heterocycles. The average Bonchev–Trinajstić information content (AvgIpc) is 2.80. The standard InChI is InChI=1S/C16H21ClFN3O3S/c17-14-10-25(23,24)11-15(14)19-16(22)9-20-5-7-21(8-6-20)13-3-1-12(18)2-4-13/h1-4,14-15H,5-11H2,(H,19,22)/p+1/t14-,15-/m0/s1. The number of carbonyl (C=O) groups is 1. The lowest BCUT2D eigenvalue weighted by Crippen LogP contribution is -3.16. The summed E-state index contributed by atoms with van der Waals surface area (Å²) in [5.41, 5.74) is 0.978. The van der Waals surface area contributed by atoms with Gasteiger partial charge in [-0.25, -0.2) is 12.8 Å². The topological polar surface area (TPSA) is 70.9 Å². The van der Waals surface area contributed by atoms with Crippen molar-refractivity contribution in [2.24, 2.45) is 0 Å². The van der Waals surface area contributed by atoms with Crippen LogP contribution in [-0.4, -0.2) is 70.0 Å². The van der Waals surface area contributed by atoms with Gasteiger partial charge in [0.25, 0.3) is 5.91 Å². The summed E-state index contributed by atoms with van der Waals surface area (Å²) in [5, 5.41) is 2.20. The molecular formula is C16H22ClFN3O3S+. The third-order valence-corrected chi connectivity index (χ3v) is 7.08. The van der Waals surface area contributed by atoms with Gasteiger partial charge in [0.2, 0.25) is 0 Å². The molecule has 2 heterocycles. The number of rotatable bonds is 4. The lowest BCUT2D eigenvalue weighted by Gasteiger charge is -2.33. The maximum atomic E-state index is 13.0. The van der Waals surface area contributed by atoms with Crippen molar-refractivity contribution in [2.45, 2.75) is 11.4 Å². The lowest BCUT2D eigenvalue weighted by molar-refractivity contribution is -0.892. The lowest BCUT2D eigenvalue weighted by atomic mass is 10.2. The Hall–Kier alpha value is -1.38. The number of anilines is 1. The van der Waals surface area contributed by atoms with Gasteiger partial charge in [0.15, 0.2) is 16.4 Å². The summed E-state index contributed by atoms with van der Waals surface area (Å²) in [4.78, 5) is 15.5. The maximum absolute atomic E-state index is 13.0. The average molecular weight is 391 g/mol. The third kappa shape index (κ3) is 4.83. The number of quaternary nitrogens is 1. The van der Waals surface area contributed by atoms with Gasteiger partial charge in [0.1, 0.15) is 5.82 Å². The molecule has 9 heteroatoms. The van der Waals surface area contributed by atoms with E-state index in [-0.39, 0.29) is 23.2 Å². The minimum Gasteiger partial charge on any atom is -0.360 e. The molecule has 2 N–H and O–H groups in total. The van der Waals surface area contributed by atoms with E-state index in [0.29, 0.717) is 6.54 Å². The van der Waals surface area contributed by atoms with Crippen molar-refractivity contribution < 1.29 is 22.5 Å². The van der Waals surface area contributed by atoms with Gasteiger partial charge in [0.05, 0.1) is 49.1 Å². The summed E-state index contributed by atoms with van der Waals surface area (Å²) in [6.45, 7) is 3.45. The van der Waals surface area contributed by atoms with E-state index in [9.17, 15) is 17.6 Å². The smallest absolute Gasteiger partial charge is 0.275 e. The molecule has 2 aliphatic rings. The second-order valence-corrected chi connectivity index (χ2v) is 9.37. The SMILES string of the molecule is O=C(C[NH+]1CCN(c2ccc(F)cc2)CC1)N[C@H]1CS(=O)(=O)C[C@@H]1Cl. The number of halogens is 2. The number of nitrogens with one attached hydrogen (secondary N) is 2. The quantitative estimate of drug-likeness (QED) is 0.650. The molecule has 0 bridgehead atoms. The highest BCUT2D eigenvalue weighted by Gasteiger charge is 2.37. The van der Waals surface area contributed by atoms with Gasteiger partial charge in [-0.2, -0.15) is 0 Å². The fourth-order valence-corrected chi connectivity index (χ4v) is 5.88. The van der Waals surface area contributed by atoms with Gasteiger partial charge in [-0.15, -0.1) is 11.6 Å². The van der Waals surface area contributed by atoms with Crippen LogP contribution in [0.2, 0.25) is 0 Å². The number of carbonyl (C=O) groups excluding carboxylic acids is 1. The molecule has 25 heavy (non-hydrogen) atoms. The minimum absolute atomic E-state index is 0.0807. The first kappa shape index (κ1) is 18.4. The molecule has 2 saturated heterocycles. The normalized spacial score (nSPS) is 26.6. The van der Waals surface area contributed by atoms with E-state index in [1.807, 2.05) is 0 Å². The Morgan fingerprint density at radius 2 is 1.88 bits per heavy atom. The zero-order valence-electron chi connectivity index (χ0n) is 13.7. The van der Waals surface area contributed by atoms with E-state index in [1.165, 1.54) is 12.1 Å². The van der Waals surface area contributed by atoms with Crippen LogP contribution in [0.1, 0.15) is 0 Å². The zero-order valence-corrected chi connectivity index (χ0v) is 15.3. The number of nitrogens with zero attached hydrogens (tertiary/aromatic N) is 1. The van der Waals surface area contributed by atoms with Crippen molar-refractivity contribution in [3.05, 3.63) is 30.1 Å². The van der Waals surface area contributed by atoms with E-state index < -0.39 is 21.3 Å². The van der Waals surface area contributed by atoms with Gasteiger partial charge >= 0.3 is 0 Å². The Morgan fingerprint density at radius 1 is 1.24 bits per heavy atom. The van der Waals surface area contributed by atoms with Crippen LogP contribution in [0, 0.1) is 5.82 Å². The first-order valence-corrected chi connectivity index (χ1v) is 10.6. The summed E-state index contributed by atoms with van der Waals surface area (Å²) >= 11 is 6.01. The molecule has 0 radical (unpaired) electrons. The van der Waals surface area contributed by atoms with Gasteiger partial charge < -0.3 is 15.1 Å². The molecule has 2 aliphatic heterocycles. The van der Waals surface area contributed by atoms with Gasteiger partial charge in [-0.3, -0.25) is 4.79 Å². The van der Waals surface area contributed by atoms with E-state index in [4.69, 9.17) is 11.6 Å². The zero-order chi connectivity index (χ0) is 18.0. The first-order valence-electron chi connectivity index (χ1n) is 8.30. The second-order valence-electron chi connectivity index (χ2n) is 6.66. The molecule has 3 rings (SSSR count). The summed E-state index contributed by atoms with van der Waals surface area (Å²) < 4.78 is 36.1. The van der Waals surface area contributed by atoms with Crippen molar-refractivity contribution in [1.29, 1.82) is 0 Å². The molecule has 0 aliphatic carbocycles. The van der Waals surface area contributed by atoms with Gasteiger partial charge in [-0.1, -0.05) is 0 Å². The number of sulfone groups is 1. The maximum Gasteiger partial charge on any atom is 0.275 e. The third-order valence-electron chi connectivity index (χ3n) is 4.70. The predicted octanol–water partition coefficient (Wildman–Crippen LogP) is -0.949. The monoisotopic (exact) mass is 390 g/mol. The number of alkyl halides is 1. The van der Waals surface area contributed by atoms with Crippen LogP contribution in [-0.2, 0) is 14.6 Å². The van der Waals surface area contributed by atoms with Gasteiger partial charge in [-0.05, 0) is 24.3 Å². The van der Waals surface area contributed by atoms with Gasteiger partial charge in [0, 0.05) is 5.69 Å². The van der Waals surface area contributed by atoms with E-state index in [0.717, 1.165) is 36.8 Å². The molecule has 1 aromatic rings. The molecule has 1 amide bonds. The summed E-state index contributed by atoms with van der Waals surface area (Å²) in [6, 6.07) is 5.90. The van der Waals surface area contributed by atoms with Crippen LogP contribution in [0.5, 0.6) is 0 Å². The Kier molecular flexibility index (Phi) is 5.50. The second kappa shape index (κ2) is 7.47. The fourth-order valence-electron chi connectivity index (χ4n) is 3.33. The highest BCUT2D eigenvalue weighted by molar-refractivity contribution is 7.91. The van der Waals surface area contributed by atoms with E-state index in [1.54, 1.807) is 12.1 Å². The fraction of sp³-hybridized carbons (Fsp3) is 0.562. The molecule has 0 unspecified atom stereocenters. The van der Waals surface area contributed by atoms with Crippen LogP contribution in [0.3, 0.4) is 0 Å². The highest BCUT2D eigenvalue weighted by atomic mass is 35.5. The van der Waals surface area contributed by atoms with Crippen LogP contribution in [0.4, 0.5) is 10.1 Å². The number of piperazine rings is 1. The molecule has 2 atom stereocenters. The van der Waals surface area contributed by atoms with Crippen molar-refractivity contribution in [3.63, 3.8) is 0 Å². The molecule has 6 nitrogen and oxygen atoms in total.